The highest BCUT2D eigenvalue weighted by Gasteiger charge is 2.21. The first kappa shape index (κ1) is 11.7. The van der Waals surface area contributed by atoms with Gasteiger partial charge in [-0.05, 0) is 31.0 Å². The maximum absolute atomic E-state index is 13.6. The van der Waals surface area contributed by atoms with E-state index in [0.29, 0.717) is 6.42 Å². The lowest BCUT2D eigenvalue weighted by Gasteiger charge is -2.18. The van der Waals surface area contributed by atoms with Crippen LogP contribution in [0.25, 0.3) is 0 Å². The van der Waals surface area contributed by atoms with Crippen molar-refractivity contribution in [2.45, 2.75) is 25.9 Å². The maximum Gasteiger partial charge on any atom is 0.124 e. The molecule has 0 aromatic heterocycles. The molecule has 0 bridgehead atoms. The van der Waals surface area contributed by atoms with E-state index in [0.717, 1.165) is 15.6 Å². The molecule has 78 valence electrons. The van der Waals surface area contributed by atoms with Gasteiger partial charge in [0.05, 0.1) is 0 Å². The van der Waals surface area contributed by atoms with Crippen molar-refractivity contribution < 1.29 is 4.39 Å². The molecule has 0 heterocycles. The summed E-state index contributed by atoms with van der Waals surface area (Å²) in [5, 5.41) is 0. The van der Waals surface area contributed by atoms with Gasteiger partial charge in [-0.1, -0.05) is 28.1 Å². The van der Waals surface area contributed by atoms with Crippen LogP contribution in [0.1, 0.15) is 18.1 Å². The van der Waals surface area contributed by atoms with Crippen molar-refractivity contribution in [3.8, 4) is 0 Å². The quantitative estimate of drug-likeness (QED) is 0.888. The smallest absolute Gasteiger partial charge is 0.124 e. The molecule has 0 fully saturated rings. The van der Waals surface area contributed by atoms with Gasteiger partial charge < -0.3 is 5.73 Å². The van der Waals surface area contributed by atoms with E-state index in [9.17, 15) is 4.39 Å². The Kier molecular flexibility index (Phi) is 3.67. The standard InChI is InChI=1S/C11H15BrFN/c1-8-3-4-9(5-10(8)12)6-11(2,13)7-14/h3-5H,6-7,14H2,1-2H3. The number of aryl methyl sites for hydroxylation is 1. The molecule has 3 heteroatoms. The molecule has 1 aromatic carbocycles. The second-order valence-corrected chi connectivity index (χ2v) is 4.73. The van der Waals surface area contributed by atoms with Crippen molar-refractivity contribution in [2.24, 2.45) is 5.73 Å². The summed E-state index contributed by atoms with van der Waals surface area (Å²) in [7, 11) is 0. The fraction of sp³-hybridized carbons (Fsp3) is 0.455. The second kappa shape index (κ2) is 4.41. The molecule has 14 heavy (non-hydrogen) atoms. The van der Waals surface area contributed by atoms with Gasteiger partial charge in [-0.3, -0.25) is 0 Å². The van der Waals surface area contributed by atoms with Gasteiger partial charge >= 0.3 is 0 Å². The number of rotatable bonds is 3. The summed E-state index contributed by atoms with van der Waals surface area (Å²) in [4.78, 5) is 0. The van der Waals surface area contributed by atoms with Crippen molar-refractivity contribution in [3.63, 3.8) is 0 Å². The minimum Gasteiger partial charge on any atom is -0.328 e. The average Bonchev–Trinajstić information content (AvgIpc) is 2.11. The van der Waals surface area contributed by atoms with E-state index in [1.165, 1.54) is 6.92 Å². The molecule has 2 N–H and O–H groups in total. The summed E-state index contributed by atoms with van der Waals surface area (Å²) in [6.45, 7) is 3.59. The topological polar surface area (TPSA) is 26.0 Å². The molecule has 1 atom stereocenters. The molecule has 0 aliphatic heterocycles. The zero-order valence-electron chi connectivity index (χ0n) is 8.48. The minimum absolute atomic E-state index is 0.0541. The predicted octanol–water partition coefficient (Wildman–Crippen LogP) is 2.99. The lowest BCUT2D eigenvalue weighted by molar-refractivity contribution is 0.200. The van der Waals surface area contributed by atoms with E-state index in [1.807, 2.05) is 25.1 Å². The van der Waals surface area contributed by atoms with E-state index >= 15 is 0 Å². The Bertz CT molecular complexity index is 323. The van der Waals surface area contributed by atoms with Crippen LogP contribution in [-0.4, -0.2) is 12.2 Å². The molecule has 0 spiro atoms. The van der Waals surface area contributed by atoms with E-state index < -0.39 is 5.67 Å². The third-order valence-electron chi connectivity index (χ3n) is 2.23. The number of alkyl halides is 1. The number of benzene rings is 1. The molecule has 0 amide bonds. The van der Waals surface area contributed by atoms with Crippen LogP contribution in [0.15, 0.2) is 22.7 Å². The van der Waals surface area contributed by atoms with Crippen LogP contribution in [0.2, 0.25) is 0 Å². The number of hydrogen-bond donors (Lipinski definition) is 1. The van der Waals surface area contributed by atoms with Gasteiger partial charge in [0.1, 0.15) is 5.67 Å². The van der Waals surface area contributed by atoms with Crippen LogP contribution < -0.4 is 5.73 Å². The molecule has 0 radical (unpaired) electrons. The van der Waals surface area contributed by atoms with E-state index in [2.05, 4.69) is 15.9 Å². The highest BCUT2D eigenvalue weighted by Crippen LogP contribution is 2.22. The predicted molar refractivity (Wildman–Crippen MR) is 61.2 cm³/mol. The molecular formula is C11H15BrFN. The summed E-state index contributed by atoms with van der Waals surface area (Å²) in [6, 6.07) is 5.86. The largest absolute Gasteiger partial charge is 0.328 e. The summed E-state index contributed by atoms with van der Waals surface area (Å²) in [6.07, 6.45) is 0.363. The molecule has 0 aliphatic rings. The molecule has 1 rings (SSSR count). The van der Waals surface area contributed by atoms with Crippen LogP contribution in [0.5, 0.6) is 0 Å². The van der Waals surface area contributed by atoms with Crippen LogP contribution in [0.4, 0.5) is 4.39 Å². The van der Waals surface area contributed by atoms with Crippen molar-refractivity contribution in [3.05, 3.63) is 33.8 Å². The lowest BCUT2D eigenvalue weighted by atomic mass is 9.98. The van der Waals surface area contributed by atoms with Crippen LogP contribution in [0.3, 0.4) is 0 Å². The fourth-order valence-corrected chi connectivity index (χ4v) is 1.67. The van der Waals surface area contributed by atoms with Crippen molar-refractivity contribution >= 4 is 15.9 Å². The minimum atomic E-state index is -1.31. The second-order valence-electron chi connectivity index (χ2n) is 3.88. The summed E-state index contributed by atoms with van der Waals surface area (Å²) >= 11 is 3.42. The Morgan fingerprint density at radius 1 is 1.50 bits per heavy atom. The zero-order chi connectivity index (χ0) is 10.8. The van der Waals surface area contributed by atoms with Gasteiger partial charge in [0.25, 0.3) is 0 Å². The van der Waals surface area contributed by atoms with Gasteiger partial charge in [-0.15, -0.1) is 0 Å². The van der Waals surface area contributed by atoms with Gasteiger partial charge in [-0.2, -0.15) is 0 Å². The van der Waals surface area contributed by atoms with E-state index in [4.69, 9.17) is 5.73 Å². The lowest BCUT2D eigenvalue weighted by Crippen LogP contribution is -2.31. The Balaban J connectivity index is 2.83. The Hall–Kier alpha value is -0.410. The number of nitrogens with two attached hydrogens (primary N) is 1. The molecule has 0 aliphatic carbocycles. The van der Waals surface area contributed by atoms with Crippen molar-refractivity contribution in [1.29, 1.82) is 0 Å². The maximum atomic E-state index is 13.6. The molecule has 0 saturated heterocycles. The average molecular weight is 260 g/mol. The number of halogens is 2. The van der Waals surface area contributed by atoms with Gasteiger partial charge in [0.2, 0.25) is 0 Å². The van der Waals surface area contributed by atoms with Gasteiger partial charge in [0, 0.05) is 17.4 Å². The Morgan fingerprint density at radius 2 is 2.14 bits per heavy atom. The summed E-state index contributed by atoms with van der Waals surface area (Å²) < 4.78 is 14.6. The monoisotopic (exact) mass is 259 g/mol. The fourth-order valence-electron chi connectivity index (χ4n) is 1.24. The van der Waals surface area contributed by atoms with Crippen LogP contribution in [-0.2, 0) is 6.42 Å². The Morgan fingerprint density at radius 3 is 2.64 bits per heavy atom. The highest BCUT2D eigenvalue weighted by atomic mass is 79.9. The molecule has 1 aromatic rings. The number of hydrogen-bond acceptors (Lipinski definition) is 1. The van der Waals surface area contributed by atoms with Crippen LogP contribution in [0, 0.1) is 6.92 Å². The third kappa shape index (κ3) is 3.07. The van der Waals surface area contributed by atoms with E-state index in [-0.39, 0.29) is 6.54 Å². The zero-order valence-corrected chi connectivity index (χ0v) is 10.1. The molecule has 1 unspecified atom stereocenters. The SMILES string of the molecule is Cc1ccc(CC(C)(F)CN)cc1Br. The normalized spacial score (nSPS) is 15.2. The summed E-state index contributed by atoms with van der Waals surface area (Å²) in [5.41, 5.74) is 6.15. The molecule has 1 nitrogen and oxygen atoms in total. The molecular weight excluding hydrogens is 245 g/mol. The van der Waals surface area contributed by atoms with Crippen LogP contribution >= 0.6 is 15.9 Å². The van der Waals surface area contributed by atoms with Crippen molar-refractivity contribution in [1.82, 2.24) is 0 Å². The first-order valence-corrected chi connectivity index (χ1v) is 5.38. The first-order chi connectivity index (χ1) is 6.44. The Labute approximate surface area is 92.6 Å². The summed E-state index contributed by atoms with van der Waals surface area (Å²) in [5.74, 6) is 0. The van der Waals surface area contributed by atoms with Gasteiger partial charge in [0.15, 0.2) is 0 Å². The first-order valence-electron chi connectivity index (χ1n) is 4.58. The highest BCUT2D eigenvalue weighted by molar-refractivity contribution is 9.10. The molecule has 0 saturated carbocycles. The van der Waals surface area contributed by atoms with E-state index in [1.54, 1.807) is 0 Å². The van der Waals surface area contributed by atoms with Crippen molar-refractivity contribution in [2.75, 3.05) is 6.54 Å². The third-order valence-corrected chi connectivity index (χ3v) is 3.09. The van der Waals surface area contributed by atoms with Gasteiger partial charge in [-0.25, -0.2) is 4.39 Å².